The Morgan fingerprint density at radius 2 is 2.05 bits per heavy atom. The molecular weight excluding hydrogens is 254 g/mol. The van der Waals surface area contributed by atoms with Gasteiger partial charge in [-0.05, 0) is 31.2 Å². The zero-order valence-electron chi connectivity index (χ0n) is 11.7. The maximum Gasteiger partial charge on any atom is 0.271 e. The Bertz CT molecular complexity index is 570. The molecule has 0 spiro atoms. The van der Waals surface area contributed by atoms with Crippen LogP contribution in [0.1, 0.15) is 29.1 Å². The average Bonchev–Trinajstić information content (AvgIpc) is 2.53. The van der Waals surface area contributed by atoms with Crippen molar-refractivity contribution in [2.24, 2.45) is 0 Å². The Hall–Kier alpha value is -2.50. The second kappa shape index (κ2) is 6.10. The number of amides is 1. The Labute approximate surface area is 117 Å². The van der Waals surface area contributed by atoms with Gasteiger partial charge in [-0.25, -0.2) is 0 Å². The molecule has 2 heterocycles. The molecule has 1 amide bonds. The zero-order valence-corrected chi connectivity index (χ0v) is 11.7. The summed E-state index contributed by atoms with van der Waals surface area (Å²) in [4.78, 5) is 17.7. The number of nitrogens with one attached hydrogen (secondary N) is 1. The van der Waals surface area contributed by atoms with Crippen molar-refractivity contribution in [2.45, 2.75) is 13.0 Å². The predicted molar refractivity (Wildman–Crippen MR) is 76.5 cm³/mol. The summed E-state index contributed by atoms with van der Waals surface area (Å²) in [6, 6.07) is 9.30. The summed E-state index contributed by atoms with van der Waals surface area (Å²) in [7, 11) is 3.48. The molecule has 104 valence electrons. The first kappa shape index (κ1) is 13.9. The summed E-state index contributed by atoms with van der Waals surface area (Å²) in [6.07, 6.45) is 1.76. The maximum absolute atomic E-state index is 11.4. The third-order valence-electron chi connectivity index (χ3n) is 3.17. The molecule has 0 aliphatic rings. The first-order valence-corrected chi connectivity index (χ1v) is 6.33. The molecule has 0 bridgehead atoms. The monoisotopic (exact) mass is 271 g/mol. The number of aromatic nitrogens is 3. The van der Waals surface area contributed by atoms with Gasteiger partial charge in [-0.15, -0.1) is 10.2 Å². The molecule has 0 aromatic carbocycles. The number of nitrogens with zero attached hydrogens (tertiary/aromatic N) is 4. The predicted octanol–water partition coefficient (Wildman–Crippen LogP) is 1.43. The molecule has 1 atom stereocenters. The van der Waals surface area contributed by atoms with Gasteiger partial charge in [0, 0.05) is 20.3 Å². The van der Waals surface area contributed by atoms with Crippen molar-refractivity contribution in [1.82, 2.24) is 20.5 Å². The van der Waals surface area contributed by atoms with Gasteiger partial charge in [0.1, 0.15) is 0 Å². The molecule has 6 heteroatoms. The fourth-order valence-corrected chi connectivity index (χ4v) is 1.78. The van der Waals surface area contributed by atoms with Gasteiger partial charge >= 0.3 is 0 Å². The third kappa shape index (κ3) is 2.90. The van der Waals surface area contributed by atoms with Crippen LogP contribution in [0.15, 0.2) is 36.5 Å². The van der Waals surface area contributed by atoms with Gasteiger partial charge in [0.2, 0.25) is 0 Å². The molecule has 0 radical (unpaired) electrons. The highest BCUT2D eigenvalue weighted by atomic mass is 16.1. The van der Waals surface area contributed by atoms with Crippen LogP contribution < -0.4 is 10.2 Å². The summed E-state index contributed by atoms with van der Waals surface area (Å²) >= 11 is 0. The van der Waals surface area contributed by atoms with Crippen LogP contribution >= 0.6 is 0 Å². The van der Waals surface area contributed by atoms with Crippen LogP contribution in [0.5, 0.6) is 0 Å². The van der Waals surface area contributed by atoms with Gasteiger partial charge in [0.15, 0.2) is 11.5 Å². The van der Waals surface area contributed by atoms with Crippen LogP contribution in [-0.4, -0.2) is 35.2 Å². The van der Waals surface area contributed by atoms with E-state index >= 15 is 0 Å². The molecule has 2 aromatic heterocycles. The first-order valence-electron chi connectivity index (χ1n) is 6.33. The van der Waals surface area contributed by atoms with Gasteiger partial charge in [-0.3, -0.25) is 9.78 Å². The van der Waals surface area contributed by atoms with Gasteiger partial charge in [-0.2, -0.15) is 0 Å². The first-order chi connectivity index (χ1) is 9.63. The van der Waals surface area contributed by atoms with Crippen LogP contribution in [0, 0.1) is 0 Å². The lowest BCUT2D eigenvalue weighted by molar-refractivity contribution is 0.0957. The Morgan fingerprint density at radius 1 is 1.25 bits per heavy atom. The second-order valence-corrected chi connectivity index (χ2v) is 4.40. The minimum atomic E-state index is -0.246. The minimum Gasteiger partial charge on any atom is -0.354 e. The van der Waals surface area contributed by atoms with E-state index in [9.17, 15) is 4.79 Å². The molecule has 2 aromatic rings. The van der Waals surface area contributed by atoms with E-state index in [-0.39, 0.29) is 11.9 Å². The molecule has 0 saturated carbocycles. The highest BCUT2D eigenvalue weighted by molar-refractivity contribution is 5.91. The molecule has 0 aliphatic carbocycles. The smallest absolute Gasteiger partial charge is 0.271 e. The topological polar surface area (TPSA) is 71.0 Å². The Balaban J connectivity index is 2.17. The van der Waals surface area contributed by atoms with Crippen LogP contribution in [0.2, 0.25) is 0 Å². The van der Waals surface area contributed by atoms with Crippen LogP contribution in [0.4, 0.5) is 5.82 Å². The SMILES string of the molecule is CNC(=O)c1ccc(N(C)C(C)c2ccccn2)nn1. The van der Waals surface area contributed by atoms with Crippen molar-refractivity contribution in [2.75, 3.05) is 19.0 Å². The van der Waals surface area contributed by atoms with Crippen LogP contribution in [0.3, 0.4) is 0 Å². The minimum absolute atomic E-state index is 0.0661. The van der Waals surface area contributed by atoms with Crippen molar-refractivity contribution in [1.29, 1.82) is 0 Å². The summed E-state index contributed by atoms with van der Waals surface area (Å²) in [6.45, 7) is 2.04. The Morgan fingerprint density at radius 3 is 2.60 bits per heavy atom. The van der Waals surface area contributed by atoms with Crippen molar-refractivity contribution >= 4 is 11.7 Å². The zero-order chi connectivity index (χ0) is 14.5. The molecule has 1 N–H and O–H groups in total. The van der Waals surface area contributed by atoms with Crippen molar-refractivity contribution in [3.63, 3.8) is 0 Å². The molecule has 0 saturated heterocycles. The van der Waals surface area contributed by atoms with E-state index in [1.54, 1.807) is 25.4 Å². The molecule has 0 fully saturated rings. The van der Waals surface area contributed by atoms with E-state index in [1.165, 1.54) is 0 Å². The van der Waals surface area contributed by atoms with Crippen LogP contribution in [-0.2, 0) is 0 Å². The van der Waals surface area contributed by atoms with Crippen LogP contribution in [0.25, 0.3) is 0 Å². The van der Waals surface area contributed by atoms with Gasteiger partial charge in [0.25, 0.3) is 5.91 Å². The molecule has 20 heavy (non-hydrogen) atoms. The van der Waals surface area contributed by atoms with Gasteiger partial charge in [0.05, 0.1) is 11.7 Å². The van der Waals surface area contributed by atoms with Crippen molar-refractivity contribution in [3.8, 4) is 0 Å². The van der Waals surface area contributed by atoms with E-state index in [1.807, 2.05) is 37.1 Å². The molecule has 0 aliphatic heterocycles. The number of hydrogen-bond donors (Lipinski definition) is 1. The molecular formula is C14H17N5O. The number of carbonyl (C=O) groups is 1. The summed E-state index contributed by atoms with van der Waals surface area (Å²) in [5, 5.41) is 10.5. The van der Waals surface area contributed by atoms with E-state index in [4.69, 9.17) is 0 Å². The largest absolute Gasteiger partial charge is 0.354 e. The highest BCUT2D eigenvalue weighted by Gasteiger charge is 2.15. The molecule has 2 rings (SSSR count). The number of carbonyl (C=O) groups excluding carboxylic acids is 1. The summed E-state index contributed by atoms with van der Waals surface area (Å²) in [5.41, 5.74) is 1.25. The highest BCUT2D eigenvalue weighted by Crippen LogP contribution is 2.21. The average molecular weight is 271 g/mol. The standard InChI is InChI=1S/C14H17N5O/c1-10(11-6-4-5-9-16-11)19(3)13-8-7-12(17-18-13)14(20)15-2/h4-10H,1-3H3,(H,15,20). The van der Waals surface area contributed by atoms with E-state index in [0.717, 1.165) is 5.69 Å². The Kier molecular flexibility index (Phi) is 4.24. The van der Waals surface area contributed by atoms with E-state index < -0.39 is 0 Å². The van der Waals surface area contributed by atoms with E-state index in [2.05, 4.69) is 20.5 Å². The number of anilines is 1. The van der Waals surface area contributed by atoms with E-state index in [0.29, 0.717) is 11.5 Å². The molecule has 6 nitrogen and oxygen atoms in total. The number of rotatable bonds is 4. The third-order valence-corrected chi connectivity index (χ3v) is 3.17. The summed E-state index contributed by atoms with van der Waals surface area (Å²) in [5.74, 6) is 0.445. The number of hydrogen-bond acceptors (Lipinski definition) is 5. The lowest BCUT2D eigenvalue weighted by Crippen LogP contribution is -2.25. The normalized spacial score (nSPS) is 11.8. The maximum atomic E-state index is 11.4. The number of pyridine rings is 1. The van der Waals surface area contributed by atoms with Crippen molar-refractivity contribution < 1.29 is 4.79 Å². The molecule has 1 unspecified atom stereocenters. The lowest BCUT2D eigenvalue weighted by Gasteiger charge is -2.24. The van der Waals surface area contributed by atoms with Crippen molar-refractivity contribution in [3.05, 3.63) is 47.9 Å². The summed E-state index contributed by atoms with van der Waals surface area (Å²) < 4.78 is 0. The van der Waals surface area contributed by atoms with Gasteiger partial charge in [-0.1, -0.05) is 6.07 Å². The van der Waals surface area contributed by atoms with Gasteiger partial charge < -0.3 is 10.2 Å². The fourth-order valence-electron chi connectivity index (χ4n) is 1.78. The lowest BCUT2D eigenvalue weighted by atomic mass is 10.2. The fraction of sp³-hybridized carbons (Fsp3) is 0.286. The quantitative estimate of drug-likeness (QED) is 0.910. The second-order valence-electron chi connectivity index (χ2n) is 4.40.